The van der Waals surface area contributed by atoms with Gasteiger partial charge >= 0.3 is 141 Å². The molecule has 0 aliphatic heterocycles. The molecule has 1 heteroatoms. The molecule has 0 spiro atoms. The first-order valence-electron chi connectivity index (χ1n) is 10.5. The van der Waals surface area contributed by atoms with Gasteiger partial charge < -0.3 is 0 Å². The number of fused-ring (bicyclic) bond motifs is 6. The van der Waals surface area contributed by atoms with E-state index in [1.807, 2.05) is 0 Å². The van der Waals surface area contributed by atoms with Crippen molar-refractivity contribution >= 4 is 0 Å². The van der Waals surface area contributed by atoms with Crippen LogP contribution in [0, 0.1) is 17.8 Å². The second-order valence-corrected chi connectivity index (χ2v) is 15.3. The Morgan fingerprint density at radius 2 is 0.727 bits per heavy atom. The van der Waals surface area contributed by atoms with Crippen molar-refractivity contribution in [3.63, 3.8) is 0 Å². The van der Waals surface area contributed by atoms with E-state index >= 15 is 0 Å². The summed E-state index contributed by atoms with van der Waals surface area (Å²) in [5.74, 6) is 3.53. The first kappa shape index (κ1) is 13.8. The molecular formula is C21H33Cr. The van der Waals surface area contributed by atoms with Gasteiger partial charge in [-0.1, -0.05) is 0 Å². The van der Waals surface area contributed by atoms with Crippen LogP contribution in [-0.4, -0.2) is 0 Å². The maximum atomic E-state index is 1.72. The zero-order valence-corrected chi connectivity index (χ0v) is 15.5. The van der Waals surface area contributed by atoms with Crippen LogP contribution >= 0.6 is 0 Å². The molecule has 0 saturated heterocycles. The zero-order valence-electron chi connectivity index (χ0n) is 14.2. The van der Waals surface area contributed by atoms with Gasteiger partial charge in [0.1, 0.15) is 0 Å². The van der Waals surface area contributed by atoms with Gasteiger partial charge in [0.25, 0.3) is 0 Å². The first-order valence-corrected chi connectivity index (χ1v) is 12.4. The van der Waals surface area contributed by atoms with Gasteiger partial charge in [-0.3, -0.25) is 0 Å². The Balaban J connectivity index is 1.47. The van der Waals surface area contributed by atoms with Crippen LogP contribution in [0.2, 0.25) is 12.8 Å². The first-order chi connectivity index (χ1) is 10.7. The molecule has 22 heavy (non-hydrogen) atoms. The van der Waals surface area contributed by atoms with Crippen molar-refractivity contribution < 1.29 is 14.1 Å². The Kier molecular flexibility index (Phi) is 2.74. The Morgan fingerprint density at radius 1 is 0.455 bits per heavy atom. The molecular weight excluding hydrogens is 304 g/mol. The summed E-state index contributed by atoms with van der Waals surface area (Å²) < 4.78 is 2.88. The van der Waals surface area contributed by atoms with E-state index in [4.69, 9.17) is 0 Å². The second kappa shape index (κ2) is 4.38. The molecule has 0 unspecified atom stereocenters. The van der Waals surface area contributed by atoms with Crippen molar-refractivity contribution in [2.45, 2.75) is 109 Å². The van der Waals surface area contributed by atoms with Gasteiger partial charge in [-0.25, -0.2) is 0 Å². The topological polar surface area (TPSA) is 0 Å². The molecule has 6 fully saturated rings. The maximum absolute atomic E-state index is 1.72. The molecule has 0 nitrogen and oxygen atoms in total. The fraction of sp³-hybridized carbons (Fsp3) is 1.00. The third kappa shape index (κ3) is 1.62. The van der Waals surface area contributed by atoms with E-state index in [1.54, 1.807) is 96.3 Å². The number of hydrogen-bond donors (Lipinski definition) is 0. The average molecular weight is 337 g/mol. The fourth-order valence-corrected chi connectivity index (χ4v) is 17.9. The molecule has 6 rings (SSSR count). The number of hydrogen-bond acceptors (Lipinski definition) is 0. The van der Waals surface area contributed by atoms with Gasteiger partial charge in [0, 0.05) is 0 Å². The van der Waals surface area contributed by atoms with Gasteiger partial charge in [0.15, 0.2) is 0 Å². The molecule has 0 amide bonds. The molecule has 0 aromatic carbocycles. The molecule has 6 aliphatic rings. The minimum absolute atomic E-state index is 0.490. The summed E-state index contributed by atoms with van der Waals surface area (Å²) in [6, 6.07) is 0. The Labute approximate surface area is 141 Å². The molecule has 0 atom stereocenters. The standard InChI is InChI=1S/3C7H11.Cr/c3*1-2-7-4-3-6(1)5-7;/h3*6H,1-5H2;. The van der Waals surface area contributed by atoms with Crippen LogP contribution in [0.25, 0.3) is 0 Å². The molecule has 0 aromatic heterocycles. The second-order valence-electron chi connectivity index (χ2n) is 10.3. The molecule has 6 aliphatic carbocycles. The van der Waals surface area contributed by atoms with Gasteiger partial charge in [0.2, 0.25) is 0 Å². The van der Waals surface area contributed by atoms with Gasteiger partial charge in [-0.05, 0) is 0 Å². The minimum atomic E-state index is -0.490. The van der Waals surface area contributed by atoms with Crippen molar-refractivity contribution in [3.8, 4) is 0 Å². The van der Waals surface area contributed by atoms with E-state index < -0.39 is 14.1 Å². The van der Waals surface area contributed by atoms with Crippen LogP contribution in [-0.2, 0) is 14.1 Å². The fourth-order valence-electron chi connectivity index (χ4n) is 8.65. The molecule has 123 valence electrons. The van der Waals surface area contributed by atoms with Gasteiger partial charge in [-0.15, -0.1) is 0 Å². The Morgan fingerprint density at radius 3 is 0.909 bits per heavy atom. The monoisotopic (exact) mass is 337 g/mol. The third-order valence-electron chi connectivity index (χ3n) is 9.33. The SMILES string of the molecule is C1C[C]2([Cr]([C]34CCC(CC3)C4)[C]34CCC(CC3)C4)CCC1C2. The summed E-state index contributed by atoms with van der Waals surface area (Å²) >= 11 is -0.490. The van der Waals surface area contributed by atoms with Crippen molar-refractivity contribution in [3.05, 3.63) is 0 Å². The molecule has 6 bridgehead atoms. The summed E-state index contributed by atoms with van der Waals surface area (Å²) in [5, 5.41) is 0. The van der Waals surface area contributed by atoms with Gasteiger partial charge in [0.05, 0.1) is 0 Å². The molecule has 0 N–H and O–H groups in total. The predicted molar refractivity (Wildman–Crippen MR) is 87.8 cm³/mol. The predicted octanol–water partition coefficient (Wildman–Crippen LogP) is 6.86. The van der Waals surface area contributed by atoms with Crippen LogP contribution in [0.3, 0.4) is 0 Å². The van der Waals surface area contributed by atoms with Crippen molar-refractivity contribution in [2.24, 2.45) is 17.8 Å². The van der Waals surface area contributed by atoms with E-state index in [0.717, 1.165) is 12.8 Å². The van der Waals surface area contributed by atoms with Crippen LogP contribution < -0.4 is 0 Å². The molecule has 0 radical (unpaired) electrons. The van der Waals surface area contributed by atoms with E-state index in [2.05, 4.69) is 0 Å². The zero-order chi connectivity index (χ0) is 14.4. The Bertz CT molecular complexity index is 399. The Hall–Kier alpha value is 0.532. The van der Waals surface area contributed by atoms with E-state index in [-0.39, 0.29) is 0 Å². The molecule has 6 saturated carbocycles. The van der Waals surface area contributed by atoms with Crippen molar-refractivity contribution in [1.29, 1.82) is 0 Å². The third-order valence-corrected chi connectivity index (χ3v) is 16.1. The van der Waals surface area contributed by atoms with Crippen LogP contribution in [0.5, 0.6) is 0 Å². The summed E-state index contributed by atoms with van der Waals surface area (Å²) in [7, 11) is 0. The quantitative estimate of drug-likeness (QED) is 0.527. The summed E-state index contributed by atoms with van der Waals surface area (Å²) in [4.78, 5) is 0. The normalized spacial score (nSPS) is 58.5. The van der Waals surface area contributed by atoms with E-state index in [0.29, 0.717) is 0 Å². The van der Waals surface area contributed by atoms with Crippen LogP contribution in [0.4, 0.5) is 0 Å². The summed E-state index contributed by atoms with van der Waals surface area (Å²) in [5.41, 5.74) is 0. The molecule has 0 heterocycles. The van der Waals surface area contributed by atoms with Crippen LogP contribution in [0.1, 0.15) is 96.3 Å². The van der Waals surface area contributed by atoms with E-state index in [9.17, 15) is 0 Å². The summed E-state index contributed by atoms with van der Waals surface area (Å²) in [6.45, 7) is 0. The molecule has 0 aromatic rings. The van der Waals surface area contributed by atoms with E-state index in [1.165, 1.54) is 17.8 Å². The van der Waals surface area contributed by atoms with Crippen molar-refractivity contribution in [1.82, 2.24) is 0 Å². The van der Waals surface area contributed by atoms with Crippen LogP contribution in [0.15, 0.2) is 0 Å². The summed E-state index contributed by atoms with van der Waals surface area (Å²) in [6.07, 6.45) is 25.2. The van der Waals surface area contributed by atoms with Crippen molar-refractivity contribution in [2.75, 3.05) is 0 Å². The van der Waals surface area contributed by atoms with Gasteiger partial charge in [-0.2, -0.15) is 0 Å². The average Bonchev–Trinajstić information content (AvgIpc) is 3.35. The number of rotatable bonds is 3.